The molecule has 4 rings (SSSR count). The Bertz CT molecular complexity index is 1300. The first-order valence-corrected chi connectivity index (χ1v) is 11.7. The average molecular weight is 459 g/mol. The highest BCUT2D eigenvalue weighted by molar-refractivity contribution is 5.94. The maximum absolute atomic E-state index is 12.6. The predicted molar refractivity (Wildman–Crippen MR) is 137 cm³/mol. The monoisotopic (exact) mass is 458 g/mol. The highest BCUT2D eigenvalue weighted by atomic mass is 16.5. The molecule has 0 spiro atoms. The van der Waals surface area contributed by atoms with Gasteiger partial charge in [-0.1, -0.05) is 24.3 Å². The fourth-order valence-electron chi connectivity index (χ4n) is 3.68. The van der Waals surface area contributed by atoms with E-state index in [1.54, 1.807) is 0 Å². The Labute approximate surface area is 201 Å². The molecule has 0 atom stereocenters. The molecule has 0 saturated heterocycles. The molecular weight excluding hydrogens is 424 g/mol. The number of benzene rings is 2. The van der Waals surface area contributed by atoms with E-state index in [2.05, 4.69) is 93.2 Å². The molecule has 178 valence electrons. The summed E-state index contributed by atoms with van der Waals surface area (Å²) in [5.74, 6) is 0.613. The number of nitrogens with one attached hydrogen (secondary N) is 2. The van der Waals surface area contributed by atoms with Gasteiger partial charge in [-0.15, -0.1) is 0 Å². The lowest BCUT2D eigenvalue weighted by Gasteiger charge is -2.20. The molecule has 2 N–H and O–H groups in total. The van der Waals surface area contributed by atoms with Gasteiger partial charge in [0.25, 0.3) is 5.91 Å². The molecule has 0 unspecified atom stereocenters. The number of hydrogen-bond acceptors (Lipinski definition) is 3. The summed E-state index contributed by atoms with van der Waals surface area (Å²) in [6, 6.07) is 16.4. The Balaban J connectivity index is 1.45. The third-order valence-electron chi connectivity index (χ3n) is 5.61. The fourth-order valence-corrected chi connectivity index (χ4v) is 3.68. The standard InChI is InChI=1S/C28H34N4O2/c1-27(2,3)32-13-12-22(17-32)26(33)29-16-25-30-23-11-10-21(15-24(23)31-25)20-9-7-8-19(14-20)18-34-28(4,5)6/h7-15,17H,16,18H2,1-6H3,(H,29,33)(H,30,31). The number of hydrogen-bond donors (Lipinski definition) is 2. The first-order valence-electron chi connectivity index (χ1n) is 11.7. The molecule has 0 radical (unpaired) electrons. The third kappa shape index (κ3) is 5.75. The fraction of sp³-hybridized carbons (Fsp3) is 0.357. The summed E-state index contributed by atoms with van der Waals surface area (Å²) in [7, 11) is 0. The highest BCUT2D eigenvalue weighted by Crippen LogP contribution is 2.25. The summed E-state index contributed by atoms with van der Waals surface area (Å²) >= 11 is 0. The molecule has 34 heavy (non-hydrogen) atoms. The smallest absolute Gasteiger partial charge is 0.253 e. The van der Waals surface area contributed by atoms with Crippen LogP contribution in [-0.4, -0.2) is 26.0 Å². The van der Waals surface area contributed by atoms with Gasteiger partial charge in [0.2, 0.25) is 0 Å². The van der Waals surface area contributed by atoms with Crippen molar-refractivity contribution in [2.24, 2.45) is 0 Å². The molecule has 2 aromatic carbocycles. The molecule has 4 aromatic rings. The van der Waals surface area contributed by atoms with Crippen LogP contribution in [0.4, 0.5) is 0 Å². The number of rotatable bonds is 6. The summed E-state index contributed by atoms with van der Waals surface area (Å²) in [5, 5.41) is 2.96. The second-order valence-electron chi connectivity index (χ2n) is 10.7. The minimum absolute atomic E-state index is 0.0614. The van der Waals surface area contributed by atoms with Gasteiger partial charge in [-0.2, -0.15) is 0 Å². The minimum Gasteiger partial charge on any atom is -0.371 e. The quantitative estimate of drug-likeness (QED) is 0.370. The van der Waals surface area contributed by atoms with Gasteiger partial charge in [-0.05, 0) is 82.5 Å². The van der Waals surface area contributed by atoms with Gasteiger partial charge in [-0.3, -0.25) is 4.79 Å². The number of aromatic nitrogens is 3. The molecule has 0 fully saturated rings. The number of H-pyrrole nitrogens is 1. The summed E-state index contributed by atoms with van der Waals surface area (Å²) in [4.78, 5) is 20.6. The van der Waals surface area contributed by atoms with Crippen molar-refractivity contribution < 1.29 is 9.53 Å². The number of carbonyl (C=O) groups is 1. The first-order chi connectivity index (χ1) is 16.0. The molecular formula is C28H34N4O2. The van der Waals surface area contributed by atoms with Crippen molar-refractivity contribution in [3.8, 4) is 11.1 Å². The van der Waals surface area contributed by atoms with E-state index >= 15 is 0 Å². The van der Waals surface area contributed by atoms with Gasteiger partial charge in [0.1, 0.15) is 5.82 Å². The van der Waals surface area contributed by atoms with Crippen molar-refractivity contribution in [2.45, 2.75) is 65.8 Å². The highest BCUT2D eigenvalue weighted by Gasteiger charge is 2.16. The van der Waals surface area contributed by atoms with Crippen molar-refractivity contribution in [3.05, 3.63) is 77.9 Å². The van der Waals surface area contributed by atoms with Crippen LogP contribution in [0, 0.1) is 0 Å². The Morgan fingerprint density at radius 2 is 1.79 bits per heavy atom. The van der Waals surface area contributed by atoms with E-state index in [0.717, 1.165) is 33.5 Å². The van der Waals surface area contributed by atoms with Crippen LogP contribution in [0.1, 0.15) is 63.3 Å². The van der Waals surface area contributed by atoms with Crippen LogP contribution in [0.5, 0.6) is 0 Å². The van der Waals surface area contributed by atoms with Crippen molar-refractivity contribution in [1.82, 2.24) is 19.9 Å². The SMILES string of the molecule is CC(C)(C)OCc1cccc(-c2ccc3nc(CNC(=O)c4ccn(C(C)(C)C)c4)[nH]c3c2)c1. The van der Waals surface area contributed by atoms with Gasteiger partial charge in [0.05, 0.1) is 35.3 Å². The van der Waals surface area contributed by atoms with E-state index in [1.807, 2.05) is 29.1 Å². The van der Waals surface area contributed by atoms with Gasteiger partial charge < -0.3 is 19.6 Å². The van der Waals surface area contributed by atoms with Crippen molar-refractivity contribution in [2.75, 3.05) is 0 Å². The maximum Gasteiger partial charge on any atom is 0.253 e. The van der Waals surface area contributed by atoms with E-state index < -0.39 is 0 Å². The van der Waals surface area contributed by atoms with Gasteiger partial charge in [0, 0.05) is 17.9 Å². The summed E-state index contributed by atoms with van der Waals surface area (Å²) < 4.78 is 7.96. The number of carbonyl (C=O) groups excluding carboxylic acids is 1. The molecule has 6 nitrogen and oxygen atoms in total. The number of fused-ring (bicyclic) bond motifs is 1. The molecule has 1 amide bonds. The van der Waals surface area contributed by atoms with Gasteiger partial charge in [0.15, 0.2) is 0 Å². The summed E-state index contributed by atoms with van der Waals surface area (Å²) in [6.07, 6.45) is 3.81. The van der Waals surface area contributed by atoms with Crippen LogP contribution in [0.2, 0.25) is 0 Å². The number of amides is 1. The largest absolute Gasteiger partial charge is 0.371 e. The second kappa shape index (κ2) is 9.11. The zero-order chi connectivity index (χ0) is 24.5. The summed E-state index contributed by atoms with van der Waals surface area (Å²) in [5.41, 5.74) is 5.60. The molecule has 0 aliphatic carbocycles. The van der Waals surface area contributed by atoms with E-state index in [0.29, 0.717) is 18.7 Å². The van der Waals surface area contributed by atoms with Crippen molar-refractivity contribution in [1.29, 1.82) is 0 Å². The number of aromatic amines is 1. The molecule has 0 aliphatic rings. The summed E-state index contributed by atoms with van der Waals surface area (Å²) in [6.45, 7) is 13.4. The van der Waals surface area contributed by atoms with Crippen LogP contribution < -0.4 is 5.32 Å². The zero-order valence-electron chi connectivity index (χ0n) is 20.9. The minimum atomic E-state index is -0.173. The molecule has 2 heterocycles. The van der Waals surface area contributed by atoms with E-state index in [1.165, 1.54) is 0 Å². The van der Waals surface area contributed by atoms with Crippen LogP contribution in [0.3, 0.4) is 0 Å². The lowest BCUT2D eigenvalue weighted by Crippen LogP contribution is -2.24. The number of imidazole rings is 1. The number of nitrogens with zero attached hydrogens (tertiary/aromatic N) is 2. The van der Waals surface area contributed by atoms with Crippen LogP contribution in [-0.2, 0) is 23.4 Å². The molecule has 0 saturated carbocycles. The van der Waals surface area contributed by atoms with E-state index in [-0.39, 0.29) is 17.0 Å². The van der Waals surface area contributed by atoms with Gasteiger partial charge >= 0.3 is 0 Å². The maximum atomic E-state index is 12.6. The lowest BCUT2D eigenvalue weighted by atomic mass is 10.0. The normalized spacial score (nSPS) is 12.3. The second-order valence-corrected chi connectivity index (χ2v) is 10.7. The molecule has 0 bridgehead atoms. The molecule has 6 heteroatoms. The van der Waals surface area contributed by atoms with Crippen molar-refractivity contribution in [3.63, 3.8) is 0 Å². The predicted octanol–water partition coefficient (Wildman–Crippen LogP) is 6.03. The third-order valence-corrected chi connectivity index (χ3v) is 5.61. The van der Waals surface area contributed by atoms with E-state index in [4.69, 9.17) is 4.74 Å². The first kappa shape index (κ1) is 23.8. The van der Waals surface area contributed by atoms with Crippen LogP contribution in [0.25, 0.3) is 22.2 Å². The lowest BCUT2D eigenvalue weighted by molar-refractivity contribution is -0.0149. The number of ether oxygens (including phenoxy) is 1. The Hall–Kier alpha value is -3.38. The van der Waals surface area contributed by atoms with Crippen molar-refractivity contribution >= 4 is 16.9 Å². The molecule has 0 aliphatic heterocycles. The Kier molecular flexibility index (Phi) is 6.36. The Morgan fingerprint density at radius 1 is 1.03 bits per heavy atom. The van der Waals surface area contributed by atoms with Crippen LogP contribution in [0.15, 0.2) is 60.9 Å². The van der Waals surface area contributed by atoms with Gasteiger partial charge in [-0.25, -0.2) is 4.98 Å². The molecule has 2 aromatic heterocycles. The van der Waals surface area contributed by atoms with Crippen LogP contribution >= 0.6 is 0 Å². The van der Waals surface area contributed by atoms with E-state index in [9.17, 15) is 4.79 Å². The topological polar surface area (TPSA) is 71.9 Å². The average Bonchev–Trinajstić information content (AvgIpc) is 3.42. The Morgan fingerprint density at radius 3 is 2.50 bits per heavy atom. The zero-order valence-corrected chi connectivity index (χ0v) is 20.9.